The highest BCUT2D eigenvalue weighted by atomic mass is 79.9. The molecule has 0 spiro atoms. The molecule has 17 heavy (non-hydrogen) atoms. The summed E-state index contributed by atoms with van der Waals surface area (Å²) in [7, 11) is 1.93. The normalized spacial score (nSPS) is 12.6. The second-order valence-corrected chi connectivity index (χ2v) is 5.02. The number of H-pyrrole nitrogens is 1. The minimum Gasteiger partial charge on any atom is -0.349 e. The quantitative estimate of drug-likeness (QED) is 0.909. The molecule has 0 bridgehead atoms. The fourth-order valence-corrected chi connectivity index (χ4v) is 2.15. The molecule has 1 aromatic heterocycles. The molecule has 3 nitrogen and oxygen atoms in total. The molecular formula is C12H13BrClN3. The molecule has 2 rings (SSSR count). The van der Waals surface area contributed by atoms with Crippen molar-refractivity contribution in [2.75, 3.05) is 7.05 Å². The third-order valence-electron chi connectivity index (χ3n) is 2.65. The Morgan fingerprint density at radius 1 is 1.53 bits per heavy atom. The van der Waals surface area contributed by atoms with Crippen LogP contribution in [0.25, 0.3) is 0 Å². The van der Waals surface area contributed by atoms with Crippen molar-refractivity contribution in [3.05, 3.63) is 51.5 Å². The van der Waals surface area contributed by atoms with Gasteiger partial charge in [0.15, 0.2) is 0 Å². The lowest BCUT2D eigenvalue weighted by atomic mass is 10.0. The molecule has 1 aromatic carbocycles. The van der Waals surface area contributed by atoms with Crippen LogP contribution in [0.3, 0.4) is 0 Å². The second kappa shape index (κ2) is 5.67. The van der Waals surface area contributed by atoms with Gasteiger partial charge in [0.1, 0.15) is 5.82 Å². The van der Waals surface area contributed by atoms with Crippen molar-refractivity contribution in [2.45, 2.75) is 12.5 Å². The lowest BCUT2D eigenvalue weighted by Gasteiger charge is -2.16. The second-order valence-electron chi connectivity index (χ2n) is 3.75. The lowest BCUT2D eigenvalue weighted by Crippen LogP contribution is -2.19. The predicted molar refractivity (Wildman–Crippen MR) is 73.2 cm³/mol. The van der Waals surface area contributed by atoms with E-state index in [0.717, 1.165) is 27.3 Å². The molecule has 5 heteroatoms. The maximum atomic E-state index is 6.10. The van der Waals surface area contributed by atoms with Crippen LogP contribution in [0.2, 0.25) is 5.02 Å². The zero-order valence-electron chi connectivity index (χ0n) is 9.37. The third kappa shape index (κ3) is 3.09. The van der Waals surface area contributed by atoms with Crippen LogP contribution in [-0.4, -0.2) is 17.0 Å². The van der Waals surface area contributed by atoms with E-state index in [1.165, 1.54) is 0 Å². The highest BCUT2D eigenvalue weighted by Gasteiger charge is 2.12. The topological polar surface area (TPSA) is 40.7 Å². The van der Waals surface area contributed by atoms with Gasteiger partial charge >= 0.3 is 0 Å². The summed E-state index contributed by atoms with van der Waals surface area (Å²) < 4.78 is 0.913. The molecule has 90 valence electrons. The van der Waals surface area contributed by atoms with E-state index in [4.69, 9.17) is 11.6 Å². The zero-order chi connectivity index (χ0) is 12.3. The van der Waals surface area contributed by atoms with Crippen molar-refractivity contribution in [1.82, 2.24) is 15.3 Å². The first-order valence-corrected chi connectivity index (χ1v) is 6.48. The summed E-state index contributed by atoms with van der Waals surface area (Å²) in [4.78, 5) is 7.34. The number of nitrogens with zero attached hydrogens (tertiary/aromatic N) is 1. The predicted octanol–water partition coefficient (Wildman–Crippen LogP) is 3.33. The molecule has 1 atom stereocenters. The van der Waals surface area contributed by atoms with E-state index in [2.05, 4.69) is 37.3 Å². The number of imidazole rings is 1. The van der Waals surface area contributed by atoms with Crippen LogP contribution in [0, 0.1) is 0 Å². The Hall–Kier alpha value is -0.840. The summed E-state index contributed by atoms with van der Waals surface area (Å²) in [6.07, 6.45) is 4.40. The molecule has 0 aliphatic heterocycles. The Morgan fingerprint density at radius 3 is 2.94 bits per heavy atom. The number of halogens is 2. The van der Waals surface area contributed by atoms with Crippen LogP contribution in [0.1, 0.15) is 17.4 Å². The molecule has 0 amide bonds. The summed E-state index contributed by atoms with van der Waals surface area (Å²) in [5.74, 6) is 0.961. The van der Waals surface area contributed by atoms with Crippen LogP contribution in [0.5, 0.6) is 0 Å². The van der Waals surface area contributed by atoms with Crippen LogP contribution in [0.4, 0.5) is 0 Å². The molecule has 0 saturated heterocycles. The maximum Gasteiger partial charge on any atom is 0.107 e. The Kier molecular flexibility index (Phi) is 4.20. The highest BCUT2D eigenvalue weighted by Crippen LogP contribution is 2.26. The first-order chi connectivity index (χ1) is 8.20. The minimum absolute atomic E-state index is 0.201. The third-order valence-corrected chi connectivity index (χ3v) is 3.88. The molecule has 0 fully saturated rings. The standard InChI is InChI=1S/C12H13BrClN3/c1-15-11(7-12-16-4-5-17-12)8-2-3-9(13)10(14)6-8/h2-6,11,15H,7H2,1H3,(H,16,17). The summed E-state index contributed by atoms with van der Waals surface area (Å²) in [5.41, 5.74) is 1.15. The minimum atomic E-state index is 0.201. The largest absolute Gasteiger partial charge is 0.349 e. The van der Waals surface area contributed by atoms with Crippen LogP contribution in [-0.2, 0) is 6.42 Å². The fourth-order valence-electron chi connectivity index (χ4n) is 1.72. The maximum absolute atomic E-state index is 6.10. The zero-order valence-corrected chi connectivity index (χ0v) is 11.7. The first-order valence-electron chi connectivity index (χ1n) is 5.31. The van der Waals surface area contributed by atoms with Crippen molar-refractivity contribution < 1.29 is 0 Å². The lowest BCUT2D eigenvalue weighted by molar-refractivity contribution is 0.578. The van der Waals surface area contributed by atoms with Gasteiger partial charge in [-0.3, -0.25) is 0 Å². The van der Waals surface area contributed by atoms with Crippen LogP contribution >= 0.6 is 27.5 Å². The molecule has 1 unspecified atom stereocenters. The smallest absolute Gasteiger partial charge is 0.107 e. The monoisotopic (exact) mass is 313 g/mol. The van der Waals surface area contributed by atoms with Crippen molar-refractivity contribution in [3.63, 3.8) is 0 Å². The molecule has 0 aliphatic carbocycles. The van der Waals surface area contributed by atoms with Crippen molar-refractivity contribution >= 4 is 27.5 Å². The Morgan fingerprint density at radius 2 is 2.35 bits per heavy atom. The number of aromatic nitrogens is 2. The van der Waals surface area contributed by atoms with E-state index in [1.54, 1.807) is 6.20 Å². The van der Waals surface area contributed by atoms with Crippen LogP contribution in [0.15, 0.2) is 35.1 Å². The van der Waals surface area contributed by atoms with Gasteiger partial charge in [-0.2, -0.15) is 0 Å². The number of likely N-dealkylation sites (N-methyl/N-ethyl adjacent to an activating group) is 1. The molecule has 1 heterocycles. The van der Waals surface area contributed by atoms with Gasteiger partial charge in [0.2, 0.25) is 0 Å². The molecule has 0 aliphatic rings. The summed E-state index contributed by atoms with van der Waals surface area (Å²) >= 11 is 9.49. The first kappa shape index (κ1) is 12.6. The van der Waals surface area contributed by atoms with Gasteiger partial charge in [-0.1, -0.05) is 17.7 Å². The summed E-state index contributed by atoms with van der Waals surface area (Å²) in [6.45, 7) is 0. The molecule has 2 N–H and O–H groups in total. The van der Waals surface area contributed by atoms with E-state index >= 15 is 0 Å². The van der Waals surface area contributed by atoms with Gasteiger partial charge in [0, 0.05) is 29.3 Å². The molecule has 0 radical (unpaired) electrons. The highest BCUT2D eigenvalue weighted by molar-refractivity contribution is 9.10. The average Bonchev–Trinajstić information content (AvgIpc) is 2.82. The molecular weight excluding hydrogens is 302 g/mol. The summed E-state index contributed by atoms with van der Waals surface area (Å²) in [6, 6.07) is 6.19. The number of aromatic amines is 1. The van der Waals surface area contributed by atoms with Gasteiger partial charge < -0.3 is 10.3 Å². The van der Waals surface area contributed by atoms with Gasteiger partial charge in [0.25, 0.3) is 0 Å². The van der Waals surface area contributed by atoms with E-state index in [9.17, 15) is 0 Å². The summed E-state index contributed by atoms with van der Waals surface area (Å²) in [5, 5.41) is 3.99. The Labute approximate surface area is 114 Å². The Balaban J connectivity index is 2.20. The van der Waals surface area contributed by atoms with Crippen molar-refractivity contribution in [2.24, 2.45) is 0 Å². The average molecular weight is 315 g/mol. The van der Waals surface area contributed by atoms with Gasteiger partial charge in [-0.15, -0.1) is 0 Å². The molecule has 0 saturated carbocycles. The number of benzene rings is 1. The van der Waals surface area contributed by atoms with E-state index < -0.39 is 0 Å². The van der Waals surface area contributed by atoms with E-state index in [-0.39, 0.29) is 6.04 Å². The number of hydrogen-bond acceptors (Lipinski definition) is 2. The van der Waals surface area contributed by atoms with E-state index in [1.807, 2.05) is 25.4 Å². The molecule has 2 aromatic rings. The van der Waals surface area contributed by atoms with Gasteiger partial charge in [0.05, 0.1) is 5.02 Å². The fraction of sp³-hybridized carbons (Fsp3) is 0.250. The van der Waals surface area contributed by atoms with Crippen molar-refractivity contribution in [3.8, 4) is 0 Å². The van der Waals surface area contributed by atoms with Crippen molar-refractivity contribution in [1.29, 1.82) is 0 Å². The van der Waals surface area contributed by atoms with E-state index in [0.29, 0.717) is 0 Å². The Bertz CT molecular complexity index is 485. The number of rotatable bonds is 4. The van der Waals surface area contributed by atoms with Crippen LogP contribution < -0.4 is 5.32 Å². The van der Waals surface area contributed by atoms with Gasteiger partial charge in [-0.05, 0) is 40.7 Å². The van der Waals surface area contributed by atoms with Gasteiger partial charge in [-0.25, -0.2) is 4.98 Å². The number of hydrogen-bond donors (Lipinski definition) is 2. The SMILES string of the molecule is CNC(Cc1ncc[nH]1)c1ccc(Br)c(Cl)c1. The number of nitrogens with one attached hydrogen (secondary N) is 2.